The van der Waals surface area contributed by atoms with Gasteiger partial charge in [0.25, 0.3) is 0 Å². The zero-order chi connectivity index (χ0) is 94.1. The number of hydrogen-bond donors (Lipinski definition) is 17. The summed E-state index contributed by atoms with van der Waals surface area (Å²) < 4.78 is 0.815. The molecule has 18 amide bonds. The number of aromatic hydroxyl groups is 1. The van der Waals surface area contributed by atoms with Gasteiger partial charge in [-0.25, -0.2) is 0 Å². The summed E-state index contributed by atoms with van der Waals surface area (Å²) in [4.78, 5) is 268. The Kier molecular flexibility index (Phi) is 37.5. The van der Waals surface area contributed by atoms with Gasteiger partial charge in [0.15, 0.2) is 0 Å². The van der Waals surface area contributed by atoms with Gasteiger partial charge in [-0.3, -0.25) is 86.3 Å². The van der Waals surface area contributed by atoms with Crippen molar-refractivity contribution in [2.45, 2.75) is 229 Å². The second kappa shape index (κ2) is 47.5. The SMILES string of the molecule is CCCC[C@H]1C(=O)N(C)[C@@H](CCCC)C(=O)N[C@@H](C)C(=O)NC(C(=O)NCC(N)=O)CSCC(=O)N[C@@H](Cc2ccc(O)cc2)C(=O)N(C)[C@@H](C)C(=O)N[C@@H](CC(N)=O)C(=O)N2CCC[C@H]2C(=O)N[C@@H](CC(N)=O)C(=O)NC(CC(C)C)C(=O)N2C[C@H](O)C[C@H]2C(=O)N[C@@H](Cc2c[nH]c3ccccc23)C(=O)N[C@@H](CO)C(=O)N[C@@H](Cc2csc3ccccc23)C(=O)N1C. The molecule has 3 aliphatic rings. The number of aromatic nitrogens is 1. The summed E-state index contributed by atoms with van der Waals surface area (Å²) in [6.45, 7) is 7.15. The number of fused-ring (bicyclic) bond motifs is 4. The van der Waals surface area contributed by atoms with Crippen LogP contribution in [0.2, 0.25) is 0 Å². The third-order valence-corrected chi connectivity index (χ3v) is 24.8. The first kappa shape index (κ1) is 101. The van der Waals surface area contributed by atoms with Gasteiger partial charge in [-0.2, -0.15) is 0 Å². The van der Waals surface area contributed by atoms with Crippen molar-refractivity contribution in [1.29, 1.82) is 0 Å². The number of aliphatic hydroxyl groups is 2. The Hall–Kier alpha value is -12.3. The molecule has 3 saturated heterocycles. The largest absolute Gasteiger partial charge is 0.508 e. The van der Waals surface area contributed by atoms with Crippen molar-refractivity contribution in [1.82, 2.24) is 82.7 Å². The number of H-pyrrole nitrogens is 1. The molecule has 3 aromatic carbocycles. The van der Waals surface area contributed by atoms with Gasteiger partial charge in [-0.15, -0.1) is 23.1 Å². The lowest BCUT2D eigenvalue weighted by atomic mass is 10.00. The third kappa shape index (κ3) is 27.6. The van der Waals surface area contributed by atoms with Crippen LogP contribution in [0.5, 0.6) is 5.75 Å². The zero-order valence-corrected chi connectivity index (χ0v) is 74.8. The van der Waals surface area contributed by atoms with Gasteiger partial charge in [0.2, 0.25) is 106 Å². The molecule has 8 rings (SSSR count). The maximum atomic E-state index is 15.6. The average Bonchev–Trinajstić information content (AvgIpc) is 1.66. The number of thioether (sulfide) groups is 1. The number of phenols is 1. The van der Waals surface area contributed by atoms with E-state index in [1.807, 2.05) is 32.0 Å². The number of unbranched alkanes of at least 4 members (excludes halogenated alkanes) is 2. The predicted octanol–water partition coefficient (Wildman–Crippen LogP) is -2.53. The Morgan fingerprint density at radius 3 is 1.76 bits per heavy atom. The van der Waals surface area contributed by atoms with Crippen molar-refractivity contribution in [2.75, 3.05) is 58.9 Å². The van der Waals surface area contributed by atoms with Crippen LogP contribution in [0.1, 0.15) is 135 Å². The summed E-state index contributed by atoms with van der Waals surface area (Å²) in [5.41, 5.74) is 18.8. The van der Waals surface area contributed by atoms with Crippen molar-refractivity contribution >= 4 is 150 Å². The van der Waals surface area contributed by atoms with Crippen LogP contribution in [0.3, 0.4) is 0 Å². The summed E-state index contributed by atoms with van der Waals surface area (Å²) in [6, 6.07) is -2.37. The number of amides is 18. The van der Waals surface area contributed by atoms with Crippen LogP contribution in [-0.4, -0.2) is 301 Å². The normalized spacial score (nSPS) is 25.5. The number of nitrogens with zero attached hydrogens (tertiary/aromatic N) is 5. The first-order valence-corrected chi connectivity index (χ1v) is 44.7. The molecule has 5 aromatic rings. The van der Waals surface area contributed by atoms with Crippen molar-refractivity contribution in [3.8, 4) is 5.75 Å². The molecule has 3 aliphatic heterocycles. The number of phenolic OH excluding ortho intramolecular Hbond substituents is 1. The first-order valence-electron chi connectivity index (χ1n) is 42.6. The average molecular weight is 1820 g/mol. The monoisotopic (exact) mass is 1820 g/mol. The lowest BCUT2D eigenvalue weighted by molar-refractivity contribution is -0.149. The summed E-state index contributed by atoms with van der Waals surface area (Å²) in [6.07, 6.45) is -1.10. The van der Waals surface area contributed by atoms with E-state index < -0.39 is 253 Å². The van der Waals surface area contributed by atoms with Gasteiger partial charge in [-0.1, -0.05) is 102 Å². The molecule has 2 aromatic heterocycles. The Morgan fingerprint density at radius 1 is 0.547 bits per heavy atom. The molecule has 15 atom stereocenters. The highest BCUT2D eigenvalue weighted by atomic mass is 32.2. The second-order valence-electron chi connectivity index (χ2n) is 33.0. The summed E-state index contributed by atoms with van der Waals surface area (Å²) in [7, 11) is 3.90. The van der Waals surface area contributed by atoms with Crippen molar-refractivity contribution in [3.05, 3.63) is 101 Å². The van der Waals surface area contributed by atoms with Gasteiger partial charge < -0.3 is 115 Å². The molecule has 0 aliphatic carbocycles. The van der Waals surface area contributed by atoms with E-state index in [1.165, 1.54) is 70.6 Å². The quantitative estimate of drug-likeness (QED) is 0.0340. The van der Waals surface area contributed by atoms with E-state index in [4.69, 9.17) is 17.2 Å². The van der Waals surface area contributed by atoms with Gasteiger partial charge in [0, 0.05) is 87.5 Å². The van der Waals surface area contributed by atoms with Crippen molar-refractivity contribution < 1.29 is 102 Å². The van der Waals surface area contributed by atoms with E-state index in [9.17, 15) is 72.9 Å². The topological polar surface area (TPSA) is 598 Å². The highest BCUT2D eigenvalue weighted by molar-refractivity contribution is 8.00. The molecular formula is C86H119N19O21S2. The highest BCUT2D eigenvalue weighted by Gasteiger charge is 2.47. The molecular weight excluding hydrogens is 1700 g/mol. The molecule has 128 heavy (non-hydrogen) atoms. The molecule has 0 spiro atoms. The van der Waals surface area contributed by atoms with E-state index >= 15 is 28.8 Å². The number of aliphatic hydroxyl groups excluding tert-OH is 2. The second-order valence-corrected chi connectivity index (χ2v) is 34.9. The number of likely N-dealkylation sites (N-methyl/N-ethyl adjacent to an activating group) is 3. The Labute approximate surface area is 748 Å². The minimum Gasteiger partial charge on any atom is -0.508 e. The maximum absolute atomic E-state index is 15.6. The summed E-state index contributed by atoms with van der Waals surface area (Å²) in [5, 5.41) is 61.4. The number of hydrogen-bond acceptors (Lipinski definition) is 23. The number of nitrogens with two attached hydrogens (primary N) is 3. The van der Waals surface area contributed by atoms with E-state index in [2.05, 4.69) is 58.2 Å². The maximum Gasteiger partial charge on any atom is 0.246 e. The fourth-order valence-corrected chi connectivity index (χ4v) is 17.4. The standard InChI is InChI=1S/C86H119N19O21S2/c1-10-12-22-64-79(119)92-46(5)73(113)100-63(75(115)91-39-71(89)111)43-127-44-72(112)93-59(32-48-26-28-51(107)29-27-48)82(122)101(7)47(6)74(114)96-61(37-70(88)110)84(124)104-30-18-24-65(104)80(120)95-57(36-69(87)109)77(117)97-58(31-45(3)4)85(125)105-40-52(108)35-67(105)81(121)94-56(33-49-38-90-55-21-16-14-19-53(49)55)76(116)99-62(41-106)78(118)98-60(34-50-42-128-68-25-17-15-20-54(50)68)83(123)103(9)66(23-13-11-2)86(126)102(64)8/h14-17,19-21,25-29,38,42,45-47,52,56-67,90,106-108H,10-13,18,22-24,30-37,39-41,43-44H2,1-9H3,(H2,87,109)(H2,88,110)(H2,89,111)(H,91,115)(H,92,119)(H,93,112)(H,94,121)(H,95,120)(H,96,114)(H,97,117)(H,98,118)(H,99,116)(H,100,113)/t46-,47-,52+,56-,57-,58?,59-,60-,61-,62-,63?,64-,65-,66-,67-/m0/s1. The van der Waals surface area contributed by atoms with Crippen LogP contribution in [0, 0.1) is 5.92 Å². The van der Waals surface area contributed by atoms with E-state index in [1.54, 1.807) is 55.8 Å². The number of nitrogens with one attached hydrogen (secondary N) is 11. The molecule has 2 unspecified atom stereocenters. The summed E-state index contributed by atoms with van der Waals surface area (Å²) >= 11 is 2.12. The predicted molar refractivity (Wildman–Crippen MR) is 471 cm³/mol. The smallest absolute Gasteiger partial charge is 0.246 e. The number of carbonyl (C=O) groups is 18. The number of thiophene rings is 1. The third-order valence-electron chi connectivity index (χ3n) is 22.8. The minimum absolute atomic E-state index is 0.0186. The molecule has 40 nitrogen and oxygen atoms in total. The van der Waals surface area contributed by atoms with Gasteiger partial charge in [0.05, 0.1) is 37.9 Å². The highest BCUT2D eigenvalue weighted by Crippen LogP contribution is 2.30. The first-order chi connectivity index (χ1) is 60.7. The van der Waals surface area contributed by atoms with Crippen LogP contribution in [0.15, 0.2) is 84.4 Å². The molecule has 696 valence electrons. The lowest BCUT2D eigenvalue weighted by Crippen LogP contribution is -2.61. The van der Waals surface area contributed by atoms with Crippen LogP contribution >= 0.6 is 23.1 Å². The number of para-hydroxylation sites is 1. The molecule has 0 saturated carbocycles. The Morgan fingerprint density at radius 2 is 1.10 bits per heavy atom. The van der Waals surface area contributed by atoms with E-state index in [0.717, 1.165) is 41.0 Å². The van der Waals surface area contributed by atoms with Crippen LogP contribution < -0.4 is 70.4 Å². The minimum atomic E-state index is -1.88. The van der Waals surface area contributed by atoms with Crippen LogP contribution in [-0.2, 0) is 106 Å². The fourth-order valence-electron chi connectivity index (χ4n) is 15.6. The molecule has 3 fully saturated rings. The number of primary amides is 3. The molecule has 0 radical (unpaired) electrons. The van der Waals surface area contributed by atoms with Gasteiger partial charge in [0.1, 0.15) is 90.3 Å². The Balaban J connectivity index is 1.17. The number of rotatable bonds is 22. The summed E-state index contributed by atoms with van der Waals surface area (Å²) in [5.74, 6) is -19.1. The van der Waals surface area contributed by atoms with Gasteiger partial charge >= 0.3 is 0 Å². The number of benzene rings is 3. The van der Waals surface area contributed by atoms with Crippen molar-refractivity contribution in [2.24, 2.45) is 23.1 Å². The van der Waals surface area contributed by atoms with E-state index in [0.29, 0.717) is 58.7 Å². The van der Waals surface area contributed by atoms with Crippen LogP contribution in [0.4, 0.5) is 0 Å². The molecule has 0 bridgehead atoms. The van der Waals surface area contributed by atoms with Crippen LogP contribution in [0.25, 0.3) is 21.0 Å². The van der Waals surface area contributed by atoms with Crippen molar-refractivity contribution in [3.63, 3.8) is 0 Å². The molecule has 5 heterocycles. The number of carbonyl (C=O) groups excluding carboxylic acids is 18. The van der Waals surface area contributed by atoms with E-state index in [-0.39, 0.29) is 63.7 Å². The zero-order valence-electron chi connectivity index (χ0n) is 73.1. The lowest BCUT2D eigenvalue weighted by Gasteiger charge is -2.36. The number of aromatic amines is 1. The molecule has 20 N–H and O–H groups in total. The fraction of sp³-hybridized carbons (Fsp3) is 0.535. The van der Waals surface area contributed by atoms with Gasteiger partial charge in [-0.05, 0) is 104 Å². The molecule has 42 heteroatoms. The Bertz CT molecular complexity index is 4870.